The van der Waals surface area contributed by atoms with Crippen molar-refractivity contribution in [3.05, 3.63) is 34.1 Å². The van der Waals surface area contributed by atoms with E-state index >= 15 is 0 Å². The number of nitrogens with zero attached hydrogens (tertiary/aromatic N) is 1. The summed E-state index contributed by atoms with van der Waals surface area (Å²) in [5.74, 6) is -1.16. The lowest BCUT2D eigenvalue weighted by atomic mass is 10.2. The molecule has 5 nitrogen and oxygen atoms in total. The maximum Gasteiger partial charge on any atom is 0.306 e. The Morgan fingerprint density at radius 3 is 2.81 bits per heavy atom. The van der Waals surface area contributed by atoms with Crippen LogP contribution in [0.25, 0.3) is 0 Å². The Kier molecular flexibility index (Phi) is 3.93. The molecule has 6 heteroatoms. The fraction of sp³-hybridized carbons (Fsp3) is 0.300. The van der Waals surface area contributed by atoms with Crippen LogP contribution in [0.4, 0.5) is 15.8 Å². The van der Waals surface area contributed by atoms with Gasteiger partial charge in [-0.2, -0.15) is 4.39 Å². The van der Waals surface area contributed by atoms with Crippen molar-refractivity contribution in [1.82, 2.24) is 0 Å². The number of nitro benzene ring substituents is 1. The predicted molar refractivity (Wildman–Crippen MR) is 56.6 cm³/mol. The highest BCUT2D eigenvalue weighted by atomic mass is 19.1. The third-order valence-corrected chi connectivity index (χ3v) is 1.90. The maximum absolute atomic E-state index is 13.0. The van der Waals surface area contributed by atoms with Gasteiger partial charge in [0.15, 0.2) is 0 Å². The standard InChI is InChI=1S/C10H11FN2O3/c1-2-3-10(14)12-7-4-5-8(11)9(6-7)13(15)16/h4-6H,2-3H2,1H3,(H,12,14). The zero-order valence-electron chi connectivity index (χ0n) is 8.70. The molecule has 0 aromatic heterocycles. The van der Waals surface area contributed by atoms with Crippen LogP contribution in [0, 0.1) is 15.9 Å². The van der Waals surface area contributed by atoms with Gasteiger partial charge in [-0.15, -0.1) is 0 Å². The number of nitrogens with one attached hydrogen (secondary N) is 1. The molecule has 0 spiro atoms. The molecule has 1 aromatic rings. The molecule has 0 saturated carbocycles. The van der Waals surface area contributed by atoms with E-state index in [-0.39, 0.29) is 11.6 Å². The van der Waals surface area contributed by atoms with E-state index in [1.54, 1.807) is 0 Å². The molecule has 0 atom stereocenters. The molecule has 0 aliphatic carbocycles. The fourth-order valence-corrected chi connectivity index (χ4v) is 1.18. The number of carbonyl (C=O) groups excluding carboxylic acids is 1. The quantitative estimate of drug-likeness (QED) is 0.633. The number of amides is 1. The van der Waals surface area contributed by atoms with Gasteiger partial charge < -0.3 is 5.32 Å². The summed E-state index contributed by atoms with van der Waals surface area (Å²) in [5.41, 5.74) is -0.416. The molecule has 0 aliphatic rings. The van der Waals surface area contributed by atoms with Crippen LogP contribution in [-0.2, 0) is 4.79 Å². The predicted octanol–water partition coefficient (Wildman–Crippen LogP) is 2.47. The van der Waals surface area contributed by atoms with Gasteiger partial charge in [-0.05, 0) is 18.6 Å². The summed E-state index contributed by atoms with van der Waals surface area (Å²) >= 11 is 0. The highest BCUT2D eigenvalue weighted by Crippen LogP contribution is 2.21. The molecule has 1 N–H and O–H groups in total. The van der Waals surface area contributed by atoms with Gasteiger partial charge in [-0.3, -0.25) is 14.9 Å². The van der Waals surface area contributed by atoms with Gasteiger partial charge in [0.1, 0.15) is 0 Å². The summed E-state index contributed by atoms with van der Waals surface area (Å²) in [7, 11) is 0. The number of carbonyl (C=O) groups is 1. The third-order valence-electron chi connectivity index (χ3n) is 1.90. The first kappa shape index (κ1) is 12.1. The Labute approximate surface area is 91.4 Å². The molecular weight excluding hydrogens is 215 g/mol. The minimum absolute atomic E-state index is 0.228. The summed E-state index contributed by atoms with van der Waals surface area (Å²) in [6.45, 7) is 1.84. The second-order valence-electron chi connectivity index (χ2n) is 3.22. The van der Waals surface area contributed by atoms with Gasteiger partial charge in [-0.25, -0.2) is 0 Å². The van der Waals surface area contributed by atoms with Crippen LogP contribution >= 0.6 is 0 Å². The van der Waals surface area contributed by atoms with Crippen molar-refractivity contribution in [2.45, 2.75) is 19.8 Å². The number of halogens is 1. The number of hydrogen-bond donors (Lipinski definition) is 1. The Balaban J connectivity index is 2.87. The van der Waals surface area contributed by atoms with E-state index in [2.05, 4.69) is 5.32 Å². The van der Waals surface area contributed by atoms with Gasteiger partial charge in [0, 0.05) is 18.2 Å². The third kappa shape index (κ3) is 3.01. The Hall–Kier alpha value is -1.98. The van der Waals surface area contributed by atoms with E-state index in [4.69, 9.17) is 0 Å². The largest absolute Gasteiger partial charge is 0.326 e. The molecule has 1 aromatic carbocycles. The highest BCUT2D eigenvalue weighted by Gasteiger charge is 2.14. The molecule has 0 heterocycles. The molecule has 1 rings (SSSR count). The van der Waals surface area contributed by atoms with Crippen molar-refractivity contribution in [3.8, 4) is 0 Å². The molecule has 0 bridgehead atoms. The molecule has 86 valence electrons. The normalized spacial score (nSPS) is 9.88. The van der Waals surface area contributed by atoms with E-state index in [0.29, 0.717) is 12.8 Å². The summed E-state index contributed by atoms with van der Waals surface area (Å²) < 4.78 is 13.0. The van der Waals surface area contributed by atoms with Crippen molar-refractivity contribution in [2.24, 2.45) is 0 Å². The van der Waals surface area contributed by atoms with E-state index < -0.39 is 16.4 Å². The second kappa shape index (κ2) is 5.20. The van der Waals surface area contributed by atoms with E-state index in [9.17, 15) is 19.3 Å². The van der Waals surface area contributed by atoms with E-state index in [1.807, 2.05) is 6.92 Å². The number of nitro groups is 1. The summed E-state index contributed by atoms with van der Waals surface area (Å²) in [6.07, 6.45) is 1.00. The second-order valence-corrected chi connectivity index (χ2v) is 3.22. The van der Waals surface area contributed by atoms with Crippen LogP contribution in [0.3, 0.4) is 0 Å². The van der Waals surface area contributed by atoms with E-state index in [1.165, 1.54) is 6.07 Å². The Morgan fingerprint density at radius 1 is 1.56 bits per heavy atom. The first-order chi connectivity index (χ1) is 7.54. The zero-order chi connectivity index (χ0) is 12.1. The van der Waals surface area contributed by atoms with Gasteiger partial charge in [-0.1, -0.05) is 6.92 Å². The SMILES string of the molecule is CCCC(=O)Nc1ccc(F)c([N+](=O)[O-])c1. The fourth-order valence-electron chi connectivity index (χ4n) is 1.18. The monoisotopic (exact) mass is 226 g/mol. The van der Waals surface area contributed by atoms with Crippen LogP contribution in [-0.4, -0.2) is 10.8 Å². The Bertz CT molecular complexity index is 421. The molecule has 0 radical (unpaired) electrons. The molecular formula is C10H11FN2O3. The van der Waals surface area contributed by atoms with Crippen molar-refractivity contribution < 1.29 is 14.1 Å². The lowest BCUT2D eigenvalue weighted by Crippen LogP contribution is -2.10. The summed E-state index contributed by atoms with van der Waals surface area (Å²) in [4.78, 5) is 20.8. The Morgan fingerprint density at radius 2 is 2.25 bits per heavy atom. The number of rotatable bonds is 4. The van der Waals surface area contributed by atoms with Gasteiger partial charge in [0.2, 0.25) is 11.7 Å². The van der Waals surface area contributed by atoms with E-state index in [0.717, 1.165) is 12.1 Å². The van der Waals surface area contributed by atoms with Crippen molar-refractivity contribution in [3.63, 3.8) is 0 Å². The van der Waals surface area contributed by atoms with Crippen LogP contribution in [0.1, 0.15) is 19.8 Å². The van der Waals surface area contributed by atoms with Crippen molar-refractivity contribution in [2.75, 3.05) is 5.32 Å². The van der Waals surface area contributed by atoms with Gasteiger partial charge >= 0.3 is 5.69 Å². The average Bonchev–Trinajstić information content (AvgIpc) is 2.21. The first-order valence-corrected chi connectivity index (χ1v) is 4.78. The molecule has 16 heavy (non-hydrogen) atoms. The molecule has 1 amide bonds. The van der Waals surface area contributed by atoms with Crippen molar-refractivity contribution >= 4 is 17.3 Å². The minimum atomic E-state index is -0.918. The van der Waals surface area contributed by atoms with Crippen LogP contribution in [0.5, 0.6) is 0 Å². The zero-order valence-corrected chi connectivity index (χ0v) is 8.70. The van der Waals surface area contributed by atoms with Crippen LogP contribution in [0.15, 0.2) is 18.2 Å². The number of benzene rings is 1. The minimum Gasteiger partial charge on any atom is -0.326 e. The van der Waals surface area contributed by atoms with Crippen LogP contribution < -0.4 is 5.32 Å². The molecule has 0 fully saturated rings. The number of hydrogen-bond acceptors (Lipinski definition) is 3. The lowest BCUT2D eigenvalue weighted by Gasteiger charge is -2.03. The first-order valence-electron chi connectivity index (χ1n) is 4.78. The average molecular weight is 226 g/mol. The molecule has 0 aliphatic heterocycles. The van der Waals surface area contributed by atoms with Crippen LogP contribution in [0.2, 0.25) is 0 Å². The summed E-state index contributed by atoms with van der Waals surface area (Å²) in [5, 5.41) is 12.9. The summed E-state index contributed by atoms with van der Waals surface area (Å²) in [6, 6.07) is 3.25. The van der Waals surface area contributed by atoms with Gasteiger partial charge in [0.25, 0.3) is 0 Å². The topological polar surface area (TPSA) is 72.2 Å². The van der Waals surface area contributed by atoms with Crippen molar-refractivity contribution in [1.29, 1.82) is 0 Å². The lowest BCUT2D eigenvalue weighted by molar-refractivity contribution is -0.387. The smallest absolute Gasteiger partial charge is 0.306 e. The molecule has 0 saturated heterocycles. The van der Waals surface area contributed by atoms with Gasteiger partial charge in [0.05, 0.1) is 4.92 Å². The maximum atomic E-state index is 13.0. The highest BCUT2D eigenvalue weighted by molar-refractivity contribution is 5.90. The number of anilines is 1. The molecule has 0 unspecified atom stereocenters.